The van der Waals surface area contributed by atoms with Crippen LogP contribution in [0.2, 0.25) is 0 Å². The van der Waals surface area contributed by atoms with Crippen molar-refractivity contribution in [2.24, 2.45) is 4.99 Å². The van der Waals surface area contributed by atoms with Crippen molar-refractivity contribution in [1.82, 2.24) is 10.6 Å². The standard InChI is InChI=1S/C19H21F4N3O2/c1-12-6-7-16(28-18(22)23)14(8-12)11-26-19(24-2)25-10-13-4-3-5-15(9-13)27-17(20)21/h3-9,17-18H,10-11H2,1-2H3,(H2,24,25,26). The summed E-state index contributed by atoms with van der Waals surface area (Å²) in [5, 5.41) is 6.02. The van der Waals surface area contributed by atoms with Crippen LogP contribution in [0.4, 0.5) is 17.6 Å². The number of halogens is 4. The Balaban J connectivity index is 1.96. The maximum absolute atomic E-state index is 12.6. The topological polar surface area (TPSA) is 54.9 Å². The Morgan fingerprint density at radius 2 is 1.68 bits per heavy atom. The number of rotatable bonds is 8. The monoisotopic (exact) mass is 399 g/mol. The Labute approximate surface area is 160 Å². The van der Waals surface area contributed by atoms with Gasteiger partial charge in [0.2, 0.25) is 0 Å². The Morgan fingerprint density at radius 3 is 2.36 bits per heavy atom. The molecule has 2 N–H and O–H groups in total. The number of hydrogen-bond acceptors (Lipinski definition) is 3. The lowest BCUT2D eigenvalue weighted by molar-refractivity contribution is -0.0509. The molecule has 0 aromatic heterocycles. The highest BCUT2D eigenvalue weighted by Gasteiger charge is 2.11. The molecule has 28 heavy (non-hydrogen) atoms. The van der Waals surface area contributed by atoms with Gasteiger partial charge in [-0.1, -0.05) is 29.8 Å². The zero-order valence-electron chi connectivity index (χ0n) is 15.4. The summed E-state index contributed by atoms with van der Waals surface area (Å²) >= 11 is 0. The zero-order valence-corrected chi connectivity index (χ0v) is 15.4. The number of aliphatic imine (C=N–C) groups is 1. The molecule has 0 fully saturated rings. The van der Waals surface area contributed by atoms with Gasteiger partial charge in [-0.05, 0) is 30.7 Å². The van der Waals surface area contributed by atoms with E-state index >= 15 is 0 Å². The molecule has 2 aromatic carbocycles. The molecule has 0 saturated heterocycles. The molecule has 0 bridgehead atoms. The van der Waals surface area contributed by atoms with Gasteiger partial charge >= 0.3 is 13.2 Å². The van der Waals surface area contributed by atoms with Gasteiger partial charge in [0.1, 0.15) is 11.5 Å². The molecular weight excluding hydrogens is 378 g/mol. The fourth-order valence-corrected chi connectivity index (χ4v) is 2.47. The van der Waals surface area contributed by atoms with Gasteiger partial charge in [0.25, 0.3) is 0 Å². The van der Waals surface area contributed by atoms with Crippen molar-refractivity contribution in [2.75, 3.05) is 7.05 Å². The average Bonchev–Trinajstić information content (AvgIpc) is 2.63. The molecule has 152 valence electrons. The van der Waals surface area contributed by atoms with E-state index in [0.29, 0.717) is 23.6 Å². The van der Waals surface area contributed by atoms with Crippen LogP contribution in [0, 0.1) is 6.92 Å². The number of nitrogens with zero attached hydrogens (tertiary/aromatic N) is 1. The molecular formula is C19H21F4N3O2. The number of hydrogen-bond donors (Lipinski definition) is 2. The number of nitrogens with one attached hydrogen (secondary N) is 2. The van der Waals surface area contributed by atoms with E-state index in [1.807, 2.05) is 6.92 Å². The summed E-state index contributed by atoms with van der Waals surface area (Å²) in [5.41, 5.74) is 2.16. The smallest absolute Gasteiger partial charge is 0.387 e. The minimum absolute atomic E-state index is 0.0609. The van der Waals surface area contributed by atoms with Gasteiger partial charge in [-0.25, -0.2) is 0 Å². The molecule has 2 aromatic rings. The Morgan fingerprint density at radius 1 is 0.964 bits per heavy atom. The molecule has 0 amide bonds. The molecule has 0 heterocycles. The summed E-state index contributed by atoms with van der Waals surface area (Å²) in [6.45, 7) is -3.46. The van der Waals surface area contributed by atoms with Crippen LogP contribution < -0.4 is 20.1 Å². The molecule has 5 nitrogen and oxygen atoms in total. The second-order valence-corrected chi connectivity index (χ2v) is 5.79. The van der Waals surface area contributed by atoms with E-state index in [4.69, 9.17) is 0 Å². The zero-order chi connectivity index (χ0) is 20.5. The van der Waals surface area contributed by atoms with Crippen LogP contribution in [0.15, 0.2) is 47.5 Å². The van der Waals surface area contributed by atoms with E-state index < -0.39 is 13.2 Å². The molecule has 0 radical (unpaired) electrons. The van der Waals surface area contributed by atoms with Crippen LogP contribution in [0.1, 0.15) is 16.7 Å². The van der Waals surface area contributed by atoms with E-state index in [9.17, 15) is 17.6 Å². The number of benzene rings is 2. The molecule has 0 aliphatic heterocycles. The maximum atomic E-state index is 12.6. The second-order valence-electron chi connectivity index (χ2n) is 5.79. The molecule has 0 saturated carbocycles. The highest BCUT2D eigenvalue weighted by atomic mass is 19.3. The third-order valence-electron chi connectivity index (χ3n) is 3.69. The van der Waals surface area contributed by atoms with Gasteiger partial charge in [-0.2, -0.15) is 17.6 Å². The first-order valence-electron chi connectivity index (χ1n) is 8.40. The van der Waals surface area contributed by atoms with E-state index in [2.05, 4.69) is 25.1 Å². The quantitative estimate of drug-likeness (QED) is 0.399. The summed E-state index contributed by atoms with van der Waals surface area (Å²) in [6, 6.07) is 11.2. The van der Waals surface area contributed by atoms with Gasteiger partial charge in [-0.15, -0.1) is 0 Å². The maximum Gasteiger partial charge on any atom is 0.387 e. The fourth-order valence-electron chi connectivity index (χ4n) is 2.47. The van der Waals surface area contributed by atoms with Crippen LogP contribution in [0.25, 0.3) is 0 Å². The molecule has 0 aliphatic rings. The predicted octanol–water partition coefficient (Wildman–Crippen LogP) is 4.06. The third kappa shape index (κ3) is 6.98. The van der Waals surface area contributed by atoms with Crippen molar-refractivity contribution >= 4 is 5.96 Å². The van der Waals surface area contributed by atoms with Crippen molar-refractivity contribution in [3.8, 4) is 11.5 Å². The van der Waals surface area contributed by atoms with Crippen molar-refractivity contribution in [3.05, 3.63) is 59.2 Å². The lowest BCUT2D eigenvalue weighted by atomic mass is 10.1. The van der Waals surface area contributed by atoms with Gasteiger partial charge in [0, 0.05) is 25.7 Å². The van der Waals surface area contributed by atoms with E-state index in [1.165, 1.54) is 18.2 Å². The Kier molecular flexibility index (Phi) is 7.91. The Hall–Kier alpha value is -2.97. The molecule has 0 unspecified atom stereocenters. The lowest BCUT2D eigenvalue weighted by Crippen LogP contribution is -2.36. The molecule has 9 heteroatoms. The Bertz CT molecular complexity index is 800. The summed E-state index contributed by atoms with van der Waals surface area (Å²) in [4.78, 5) is 4.06. The number of ether oxygens (including phenoxy) is 2. The number of aryl methyl sites for hydroxylation is 1. The summed E-state index contributed by atoms with van der Waals surface area (Å²) in [5.74, 6) is 0.552. The van der Waals surface area contributed by atoms with Crippen molar-refractivity contribution < 1.29 is 27.0 Å². The van der Waals surface area contributed by atoms with Gasteiger partial charge in [0.05, 0.1) is 0 Å². The van der Waals surface area contributed by atoms with Gasteiger partial charge in [-0.3, -0.25) is 4.99 Å². The third-order valence-corrected chi connectivity index (χ3v) is 3.69. The van der Waals surface area contributed by atoms with Crippen LogP contribution >= 0.6 is 0 Å². The minimum Gasteiger partial charge on any atom is -0.435 e. The first kappa shape index (κ1) is 21.3. The van der Waals surface area contributed by atoms with E-state index in [1.54, 1.807) is 31.3 Å². The SMILES string of the molecule is CN=C(NCc1cccc(OC(F)F)c1)NCc1cc(C)ccc1OC(F)F. The van der Waals surface area contributed by atoms with Crippen LogP contribution in [-0.2, 0) is 13.1 Å². The minimum atomic E-state index is -2.92. The second kappa shape index (κ2) is 10.4. The normalized spacial score (nSPS) is 11.6. The summed E-state index contributed by atoms with van der Waals surface area (Å²) < 4.78 is 58.6. The average molecular weight is 399 g/mol. The van der Waals surface area contributed by atoms with Crippen LogP contribution in [-0.4, -0.2) is 26.2 Å². The van der Waals surface area contributed by atoms with Crippen LogP contribution in [0.3, 0.4) is 0 Å². The number of guanidine groups is 1. The van der Waals surface area contributed by atoms with Crippen LogP contribution in [0.5, 0.6) is 11.5 Å². The molecule has 0 spiro atoms. The summed E-state index contributed by atoms with van der Waals surface area (Å²) in [6.07, 6.45) is 0. The lowest BCUT2D eigenvalue weighted by Gasteiger charge is -2.15. The number of alkyl halides is 4. The fraction of sp³-hybridized carbons (Fsp3) is 0.316. The molecule has 0 atom stereocenters. The van der Waals surface area contributed by atoms with E-state index in [-0.39, 0.29) is 18.0 Å². The predicted molar refractivity (Wildman–Crippen MR) is 97.9 cm³/mol. The first-order chi connectivity index (χ1) is 13.4. The summed E-state index contributed by atoms with van der Waals surface area (Å²) in [7, 11) is 1.55. The van der Waals surface area contributed by atoms with Gasteiger partial charge < -0.3 is 20.1 Å². The van der Waals surface area contributed by atoms with Crippen molar-refractivity contribution in [2.45, 2.75) is 33.2 Å². The molecule has 0 aliphatic carbocycles. The van der Waals surface area contributed by atoms with Gasteiger partial charge in [0.15, 0.2) is 5.96 Å². The molecule has 2 rings (SSSR count). The largest absolute Gasteiger partial charge is 0.435 e. The first-order valence-corrected chi connectivity index (χ1v) is 8.40. The highest BCUT2D eigenvalue weighted by molar-refractivity contribution is 5.79. The van der Waals surface area contributed by atoms with E-state index in [0.717, 1.165) is 5.56 Å². The highest BCUT2D eigenvalue weighted by Crippen LogP contribution is 2.22. The van der Waals surface area contributed by atoms with Crippen molar-refractivity contribution in [1.29, 1.82) is 0 Å². The van der Waals surface area contributed by atoms with Crippen molar-refractivity contribution in [3.63, 3.8) is 0 Å².